The fraction of sp³-hybridized carbons (Fsp3) is 0.700. The molecule has 0 saturated carbocycles. The Morgan fingerprint density at radius 1 is 1.14 bits per heavy atom. The monoisotopic (exact) mass is 405 g/mol. The van der Waals surface area contributed by atoms with Gasteiger partial charge in [0, 0.05) is 43.8 Å². The molecule has 0 aliphatic carbocycles. The van der Waals surface area contributed by atoms with E-state index in [-0.39, 0.29) is 5.75 Å². The molecule has 0 unspecified atom stereocenters. The molecular weight excluding hydrogens is 374 g/mol. The quantitative estimate of drug-likeness (QED) is 0.764. The van der Waals surface area contributed by atoms with Crippen LogP contribution in [0.5, 0.6) is 0 Å². The van der Waals surface area contributed by atoms with Crippen LogP contribution < -0.4 is 4.90 Å². The molecule has 2 aromatic heterocycles. The lowest BCUT2D eigenvalue weighted by Gasteiger charge is -2.31. The van der Waals surface area contributed by atoms with Gasteiger partial charge in [0.2, 0.25) is 10.0 Å². The average molecular weight is 406 g/mol. The van der Waals surface area contributed by atoms with E-state index in [1.165, 1.54) is 12.8 Å². The zero-order chi connectivity index (χ0) is 19.9. The predicted molar refractivity (Wildman–Crippen MR) is 112 cm³/mol. The highest BCUT2D eigenvalue weighted by Gasteiger charge is 2.29. The number of rotatable bonds is 5. The van der Waals surface area contributed by atoms with Crippen molar-refractivity contribution in [3.05, 3.63) is 18.1 Å². The Labute approximate surface area is 167 Å². The first-order chi connectivity index (χ1) is 13.4. The summed E-state index contributed by atoms with van der Waals surface area (Å²) in [6.07, 6.45) is 5.98. The summed E-state index contributed by atoms with van der Waals surface area (Å²) in [5.41, 5.74) is 3.22. The van der Waals surface area contributed by atoms with Gasteiger partial charge in [-0.3, -0.25) is 0 Å². The van der Waals surface area contributed by atoms with E-state index in [4.69, 9.17) is 9.97 Å². The molecule has 28 heavy (non-hydrogen) atoms. The highest BCUT2D eigenvalue weighted by Crippen LogP contribution is 2.34. The lowest BCUT2D eigenvalue weighted by molar-refractivity contribution is 0.317. The predicted octanol–water partition coefficient (Wildman–Crippen LogP) is 3.14. The molecule has 7 nitrogen and oxygen atoms in total. The van der Waals surface area contributed by atoms with Crippen molar-refractivity contribution in [3.63, 3.8) is 0 Å². The first-order valence-corrected chi connectivity index (χ1v) is 12.1. The molecule has 0 bridgehead atoms. The second-order valence-electron chi connectivity index (χ2n) is 8.25. The molecule has 2 aliphatic heterocycles. The summed E-state index contributed by atoms with van der Waals surface area (Å²) < 4.78 is 28.2. The summed E-state index contributed by atoms with van der Waals surface area (Å²) in [4.78, 5) is 12.1. The summed E-state index contributed by atoms with van der Waals surface area (Å²) >= 11 is 0. The van der Waals surface area contributed by atoms with Gasteiger partial charge in [0.25, 0.3) is 0 Å². The Kier molecular flexibility index (Phi) is 5.35. The number of nitrogens with zero attached hydrogens (tertiary/aromatic N) is 5. The molecule has 0 atom stereocenters. The number of hydrogen-bond donors (Lipinski definition) is 0. The van der Waals surface area contributed by atoms with Crippen molar-refractivity contribution in [2.45, 2.75) is 58.4 Å². The fourth-order valence-electron chi connectivity index (χ4n) is 4.42. The third kappa shape index (κ3) is 3.52. The van der Waals surface area contributed by atoms with Gasteiger partial charge in [-0.2, -0.15) is 0 Å². The molecule has 2 aliphatic rings. The summed E-state index contributed by atoms with van der Waals surface area (Å²) in [5.74, 6) is 1.48. The molecule has 2 aromatic rings. The van der Waals surface area contributed by atoms with Crippen molar-refractivity contribution in [1.29, 1.82) is 0 Å². The van der Waals surface area contributed by atoms with E-state index in [9.17, 15) is 8.42 Å². The fourth-order valence-corrected chi connectivity index (χ4v) is 5.55. The highest BCUT2D eigenvalue weighted by molar-refractivity contribution is 7.89. The van der Waals surface area contributed by atoms with Gasteiger partial charge in [-0.25, -0.2) is 22.7 Å². The van der Waals surface area contributed by atoms with E-state index in [1.807, 2.05) is 6.33 Å². The molecular formula is C20H31N5O2S. The maximum absolute atomic E-state index is 12.2. The summed E-state index contributed by atoms with van der Waals surface area (Å²) in [6.45, 7) is 9.30. The van der Waals surface area contributed by atoms with Crippen molar-refractivity contribution < 1.29 is 8.42 Å². The van der Waals surface area contributed by atoms with Gasteiger partial charge in [-0.05, 0) is 52.5 Å². The number of imidazole rings is 1. The summed E-state index contributed by atoms with van der Waals surface area (Å²) in [6, 6.07) is 2.53. The van der Waals surface area contributed by atoms with Crippen LogP contribution in [0.25, 0.3) is 11.0 Å². The molecule has 0 N–H and O–H groups in total. The molecule has 2 fully saturated rings. The molecule has 0 amide bonds. The maximum atomic E-state index is 12.2. The molecule has 0 spiro atoms. The molecule has 4 rings (SSSR count). The van der Waals surface area contributed by atoms with Gasteiger partial charge >= 0.3 is 0 Å². The Balaban J connectivity index is 1.68. The van der Waals surface area contributed by atoms with Crippen LogP contribution in [-0.4, -0.2) is 59.2 Å². The van der Waals surface area contributed by atoms with Gasteiger partial charge < -0.3 is 9.47 Å². The zero-order valence-corrected chi connectivity index (χ0v) is 18.0. The van der Waals surface area contributed by atoms with Crippen LogP contribution in [-0.2, 0) is 10.0 Å². The number of piperidine rings is 1. The number of sulfonamides is 1. The molecule has 8 heteroatoms. The van der Waals surface area contributed by atoms with Crippen molar-refractivity contribution in [2.24, 2.45) is 0 Å². The van der Waals surface area contributed by atoms with Gasteiger partial charge in [-0.15, -0.1) is 0 Å². The smallest absolute Gasteiger partial charge is 0.213 e. The van der Waals surface area contributed by atoms with E-state index >= 15 is 0 Å². The third-order valence-corrected chi connectivity index (χ3v) is 8.04. The second-order valence-corrected chi connectivity index (χ2v) is 10.5. The Morgan fingerprint density at radius 3 is 2.43 bits per heavy atom. The Hall–Kier alpha value is -1.67. The average Bonchev–Trinajstić information content (AvgIpc) is 3.37. The van der Waals surface area contributed by atoms with Crippen LogP contribution in [0, 0.1) is 0 Å². The number of pyridine rings is 1. The van der Waals surface area contributed by atoms with E-state index in [0.717, 1.165) is 48.5 Å². The van der Waals surface area contributed by atoms with Gasteiger partial charge in [0.1, 0.15) is 5.52 Å². The minimum Gasteiger partial charge on any atom is -0.355 e. The molecule has 154 valence electrons. The highest BCUT2D eigenvalue weighted by atomic mass is 32.2. The van der Waals surface area contributed by atoms with Crippen LogP contribution in [0.4, 0.5) is 5.82 Å². The van der Waals surface area contributed by atoms with Crippen molar-refractivity contribution in [3.8, 4) is 0 Å². The maximum Gasteiger partial charge on any atom is 0.213 e. The minimum atomic E-state index is -3.10. The molecule has 0 aromatic carbocycles. The van der Waals surface area contributed by atoms with Crippen molar-refractivity contribution in [1.82, 2.24) is 18.8 Å². The topological polar surface area (TPSA) is 71.3 Å². The third-order valence-electron chi connectivity index (χ3n) is 6.16. The van der Waals surface area contributed by atoms with Gasteiger partial charge in [0.15, 0.2) is 5.82 Å². The molecule has 0 radical (unpaired) electrons. The Morgan fingerprint density at radius 2 is 1.82 bits per heavy atom. The molecule has 4 heterocycles. The van der Waals surface area contributed by atoms with Crippen molar-refractivity contribution in [2.75, 3.05) is 36.8 Å². The minimum absolute atomic E-state index is 0.175. The molecule has 2 saturated heterocycles. The Bertz CT molecular complexity index is 939. The number of fused-ring (bicyclic) bond motifs is 1. The first kappa shape index (κ1) is 19.6. The lowest BCUT2D eigenvalue weighted by atomic mass is 9.94. The van der Waals surface area contributed by atoms with E-state index < -0.39 is 10.0 Å². The number of hydrogen-bond acceptors (Lipinski definition) is 5. The zero-order valence-electron chi connectivity index (χ0n) is 17.1. The van der Waals surface area contributed by atoms with Crippen LogP contribution in [0.15, 0.2) is 12.4 Å². The summed E-state index contributed by atoms with van der Waals surface area (Å²) in [5, 5.41) is 0. The number of anilines is 1. The van der Waals surface area contributed by atoms with Gasteiger partial charge in [-0.1, -0.05) is 0 Å². The number of aromatic nitrogens is 3. The van der Waals surface area contributed by atoms with Crippen LogP contribution in [0.3, 0.4) is 0 Å². The normalized spacial score (nSPS) is 19.9. The lowest BCUT2D eigenvalue weighted by Crippen LogP contribution is -2.38. The van der Waals surface area contributed by atoms with Crippen LogP contribution in [0.2, 0.25) is 0 Å². The van der Waals surface area contributed by atoms with Crippen LogP contribution >= 0.6 is 0 Å². The second kappa shape index (κ2) is 7.63. The standard InChI is InChI=1S/C20H31N5O2S/c1-4-28(26,27)24-11-7-16(8-12-24)17-13-18-19(21-14-25(18)15(2)3)20(22-17)23-9-5-6-10-23/h13-16H,4-12H2,1-3H3. The summed E-state index contributed by atoms with van der Waals surface area (Å²) in [7, 11) is -3.10. The SMILES string of the molecule is CCS(=O)(=O)N1CCC(c2cc3c(ncn3C(C)C)c(N3CCCC3)n2)CC1. The van der Waals surface area contributed by atoms with E-state index in [0.29, 0.717) is 25.0 Å². The van der Waals surface area contributed by atoms with Crippen molar-refractivity contribution >= 4 is 26.9 Å². The van der Waals surface area contributed by atoms with Crippen LogP contribution in [0.1, 0.15) is 64.1 Å². The van der Waals surface area contributed by atoms with E-state index in [2.05, 4.69) is 29.4 Å². The van der Waals surface area contributed by atoms with E-state index in [1.54, 1.807) is 11.2 Å². The largest absolute Gasteiger partial charge is 0.355 e. The first-order valence-electron chi connectivity index (χ1n) is 10.5. The van der Waals surface area contributed by atoms with Gasteiger partial charge in [0.05, 0.1) is 17.6 Å².